The maximum atomic E-state index is 12.2. The summed E-state index contributed by atoms with van der Waals surface area (Å²) in [6.07, 6.45) is 9.86. The molecule has 0 radical (unpaired) electrons. The van der Waals surface area contributed by atoms with E-state index in [-0.39, 0.29) is 5.54 Å². The fraction of sp³-hybridized carbons (Fsp3) is 0.929. The fourth-order valence-electron chi connectivity index (χ4n) is 3.33. The van der Waals surface area contributed by atoms with Crippen LogP contribution in [0.4, 0.5) is 0 Å². The molecule has 0 spiro atoms. The Labute approximate surface area is 99.0 Å². The average molecular weight is 223 g/mol. The molecule has 0 aromatic rings. The summed E-state index contributed by atoms with van der Waals surface area (Å²) < 4.78 is 0. The van der Waals surface area contributed by atoms with E-state index < -0.39 is 0 Å². The van der Waals surface area contributed by atoms with Crippen molar-refractivity contribution in [2.45, 2.75) is 70.3 Å². The molecule has 92 valence electrons. The third kappa shape index (κ3) is 2.85. The first-order valence-electron chi connectivity index (χ1n) is 6.91. The largest absolute Gasteiger partial charge is 0.325 e. The number of Topliss-reactive ketones (excluding diaryl/α,β-unsaturated/α-hetero) is 1. The lowest BCUT2D eigenvalue weighted by Crippen LogP contribution is -2.40. The Morgan fingerprint density at radius 1 is 1.19 bits per heavy atom. The van der Waals surface area contributed by atoms with Crippen molar-refractivity contribution in [2.24, 2.45) is 17.6 Å². The van der Waals surface area contributed by atoms with E-state index in [9.17, 15) is 4.79 Å². The van der Waals surface area contributed by atoms with E-state index in [2.05, 4.69) is 6.92 Å². The Kier molecular flexibility index (Phi) is 3.68. The molecule has 0 aliphatic heterocycles. The summed E-state index contributed by atoms with van der Waals surface area (Å²) in [6, 6.07) is 0. The maximum absolute atomic E-state index is 12.2. The van der Waals surface area contributed by atoms with Gasteiger partial charge in [0.05, 0.1) is 0 Å². The number of hydrogen-bond acceptors (Lipinski definition) is 2. The molecule has 0 amide bonds. The van der Waals surface area contributed by atoms with Gasteiger partial charge < -0.3 is 5.73 Å². The minimum atomic E-state index is -0.139. The van der Waals surface area contributed by atoms with Gasteiger partial charge in [0.1, 0.15) is 5.78 Å². The molecule has 2 heteroatoms. The molecule has 0 aromatic carbocycles. The van der Waals surface area contributed by atoms with E-state index in [1.54, 1.807) is 0 Å². The van der Waals surface area contributed by atoms with Gasteiger partial charge in [0.25, 0.3) is 0 Å². The highest BCUT2D eigenvalue weighted by Gasteiger charge is 2.34. The fourth-order valence-corrected chi connectivity index (χ4v) is 3.33. The van der Waals surface area contributed by atoms with Crippen LogP contribution in [-0.4, -0.2) is 11.3 Å². The van der Waals surface area contributed by atoms with Gasteiger partial charge in [0, 0.05) is 17.9 Å². The lowest BCUT2D eigenvalue weighted by atomic mass is 9.77. The molecule has 2 nitrogen and oxygen atoms in total. The third-order valence-corrected chi connectivity index (χ3v) is 4.60. The molecule has 0 bridgehead atoms. The van der Waals surface area contributed by atoms with Gasteiger partial charge in [-0.05, 0) is 31.6 Å². The second-order valence-corrected chi connectivity index (χ2v) is 6.17. The van der Waals surface area contributed by atoms with Gasteiger partial charge in [-0.25, -0.2) is 0 Å². The van der Waals surface area contributed by atoms with Crippen LogP contribution in [0, 0.1) is 11.8 Å². The van der Waals surface area contributed by atoms with E-state index in [1.807, 2.05) is 0 Å². The molecule has 0 heterocycles. The SMILES string of the molecule is CC1CCC(C(=O)CC2(N)CCCC2)CC1. The van der Waals surface area contributed by atoms with Crippen LogP contribution in [0.1, 0.15) is 64.7 Å². The molecule has 0 atom stereocenters. The minimum Gasteiger partial charge on any atom is -0.325 e. The van der Waals surface area contributed by atoms with Crippen molar-refractivity contribution in [3.63, 3.8) is 0 Å². The summed E-state index contributed by atoms with van der Waals surface area (Å²) in [5.41, 5.74) is 6.13. The maximum Gasteiger partial charge on any atom is 0.137 e. The van der Waals surface area contributed by atoms with Crippen LogP contribution < -0.4 is 5.73 Å². The van der Waals surface area contributed by atoms with Gasteiger partial charge in [-0.3, -0.25) is 4.79 Å². The van der Waals surface area contributed by atoms with Crippen LogP contribution in [0.3, 0.4) is 0 Å². The number of rotatable bonds is 3. The molecule has 2 saturated carbocycles. The summed E-state index contributed by atoms with van der Waals surface area (Å²) in [5.74, 6) is 1.61. The number of hydrogen-bond donors (Lipinski definition) is 1. The Hall–Kier alpha value is -0.370. The van der Waals surface area contributed by atoms with Gasteiger partial charge in [-0.1, -0.05) is 32.6 Å². The topological polar surface area (TPSA) is 43.1 Å². The van der Waals surface area contributed by atoms with E-state index in [0.29, 0.717) is 18.1 Å². The van der Waals surface area contributed by atoms with Crippen LogP contribution in [0.15, 0.2) is 0 Å². The standard InChI is InChI=1S/C14H25NO/c1-11-4-6-12(7-5-11)13(16)10-14(15)8-2-3-9-14/h11-12H,2-10,15H2,1H3. The molecule has 2 aliphatic carbocycles. The molecule has 2 aliphatic rings. The molecule has 2 fully saturated rings. The first-order chi connectivity index (χ1) is 7.59. The van der Waals surface area contributed by atoms with Gasteiger partial charge in [-0.2, -0.15) is 0 Å². The van der Waals surface area contributed by atoms with Crippen LogP contribution in [0.2, 0.25) is 0 Å². The monoisotopic (exact) mass is 223 g/mol. The van der Waals surface area contributed by atoms with Crippen LogP contribution in [0.25, 0.3) is 0 Å². The van der Waals surface area contributed by atoms with Crippen molar-refractivity contribution in [3.8, 4) is 0 Å². The molecule has 0 aromatic heterocycles. The highest BCUT2D eigenvalue weighted by molar-refractivity contribution is 5.82. The van der Waals surface area contributed by atoms with Crippen LogP contribution >= 0.6 is 0 Å². The normalized spacial score (nSPS) is 33.9. The Balaban J connectivity index is 1.83. The van der Waals surface area contributed by atoms with E-state index in [1.165, 1.54) is 25.7 Å². The Morgan fingerprint density at radius 2 is 1.75 bits per heavy atom. The second kappa shape index (κ2) is 4.87. The summed E-state index contributed by atoms with van der Waals surface area (Å²) >= 11 is 0. The van der Waals surface area contributed by atoms with E-state index in [4.69, 9.17) is 5.73 Å². The summed E-state index contributed by atoms with van der Waals surface area (Å²) in [5, 5.41) is 0. The van der Waals surface area contributed by atoms with Crippen molar-refractivity contribution >= 4 is 5.78 Å². The highest BCUT2D eigenvalue weighted by atomic mass is 16.1. The van der Waals surface area contributed by atoms with Crippen molar-refractivity contribution in [1.29, 1.82) is 0 Å². The smallest absolute Gasteiger partial charge is 0.137 e. The predicted molar refractivity (Wildman–Crippen MR) is 66.1 cm³/mol. The number of ketones is 1. The summed E-state index contributed by atoms with van der Waals surface area (Å²) in [6.45, 7) is 2.29. The minimum absolute atomic E-state index is 0.139. The zero-order chi connectivity index (χ0) is 11.6. The van der Waals surface area contributed by atoms with Crippen molar-refractivity contribution in [2.75, 3.05) is 0 Å². The van der Waals surface area contributed by atoms with Crippen molar-refractivity contribution in [3.05, 3.63) is 0 Å². The van der Waals surface area contributed by atoms with Gasteiger partial charge in [-0.15, -0.1) is 0 Å². The van der Waals surface area contributed by atoms with Gasteiger partial charge in [0.15, 0.2) is 0 Å². The molecule has 0 saturated heterocycles. The molecule has 0 unspecified atom stereocenters. The second-order valence-electron chi connectivity index (χ2n) is 6.17. The van der Waals surface area contributed by atoms with E-state index >= 15 is 0 Å². The van der Waals surface area contributed by atoms with E-state index in [0.717, 1.165) is 31.6 Å². The highest BCUT2D eigenvalue weighted by Crippen LogP contribution is 2.34. The van der Waals surface area contributed by atoms with Gasteiger partial charge >= 0.3 is 0 Å². The van der Waals surface area contributed by atoms with Crippen molar-refractivity contribution < 1.29 is 4.79 Å². The first kappa shape index (κ1) is 12.1. The molecular formula is C14H25NO. The lowest BCUT2D eigenvalue weighted by Gasteiger charge is -2.29. The average Bonchev–Trinajstić information content (AvgIpc) is 2.65. The Morgan fingerprint density at radius 3 is 2.31 bits per heavy atom. The molecular weight excluding hydrogens is 198 g/mol. The Bertz CT molecular complexity index is 247. The summed E-state index contributed by atoms with van der Waals surface area (Å²) in [4.78, 5) is 12.2. The summed E-state index contributed by atoms with van der Waals surface area (Å²) in [7, 11) is 0. The van der Waals surface area contributed by atoms with Crippen LogP contribution in [-0.2, 0) is 4.79 Å². The zero-order valence-corrected chi connectivity index (χ0v) is 10.5. The molecule has 16 heavy (non-hydrogen) atoms. The quantitative estimate of drug-likeness (QED) is 0.799. The first-order valence-corrected chi connectivity index (χ1v) is 6.91. The number of nitrogens with two attached hydrogens (primary N) is 1. The third-order valence-electron chi connectivity index (χ3n) is 4.60. The van der Waals surface area contributed by atoms with Crippen molar-refractivity contribution in [1.82, 2.24) is 0 Å². The molecule has 2 rings (SSSR count). The van der Waals surface area contributed by atoms with Crippen LogP contribution in [0.5, 0.6) is 0 Å². The zero-order valence-electron chi connectivity index (χ0n) is 10.5. The van der Waals surface area contributed by atoms with Gasteiger partial charge in [0.2, 0.25) is 0 Å². The lowest BCUT2D eigenvalue weighted by molar-refractivity contribution is -0.125. The number of carbonyl (C=O) groups excluding carboxylic acids is 1. The number of carbonyl (C=O) groups is 1. The predicted octanol–water partition coefficient (Wildman–Crippen LogP) is 3.04. The molecule has 2 N–H and O–H groups in total.